The molecule has 0 unspecified atom stereocenters. The monoisotopic (exact) mass is 499 g/mol. The molecule has 2 N–H and O–H groups in total. The molecule has 0 bridgehead atoms. The lowest BCUT2D eigenvalue weighted by atomic mass is 10.2. The predicted octanol–water partition coefficient (Wildman–Crippen LogP) is 4.36. The van der Waals surface area contributed by atoms with Crippen LogP contribution < -0.4 is 15.4 Å². The number of ether oxygens (including phenoxy) is 1. The number of aromatic nitrogens is 5. The minimum Gasteiger partial charge on any atom is -0.456 e. The van der Waals surface area contributed by atoms with E-state index >= 15 is 0 Å². The summed E-state index contributed by atoms with van der Waals surface area (Å²) >= 11 is 0. The number of carbonyl (C=O) groups is 2. The first-order valence-electron chi connectivity index (χ1n) is 11.1. The molecule has 1 saturated carbocycles. The Morgan fingerprint density at radius 2 is 1.89 bits per heavy atom. The Hall–Kier alpha value is -4.42. The van der Waals surface area contributed by atoms with Crippen LogP contribution in [0.15, 0.2) is 48.8 Å². The summed E-state index contributed by atoms with van der Waals surface area (Å²) in [7, 11) is 0. The van der Waals surface area contributed by atoms with Crippen LogP contribution in [0.3, 0.4) is 0 Å². The van der Waals surface area contributed by atoms with Gasteiger partial charge in [0.2, 0.25) is 11.9 Å². The van der Waals surface area contributed by atoms with Crippen LogP contribution in [0.5, 0.6) is 11.5 Å². The quantitative estimate of drug-likeness (QED) is 0.391. The molecule has 3 aromatic heterocycles. The molecule has 36 heavy (non-hydrogen) atoms. The zero-order valence-corrected chi connectivity index (χ0v) is 18.9. The van der Waals surface area contributed by atoms with Gasteiger partial charge in [-0.2, -0.15) is 23.3 Å². The number of hydrogen-bond acceptors (Lipinski definition) is 6. The van der Waals surface area contributed by atoms with Gasteiger partial charge in [0.25, 0.3) is 5.91 Å². The highest BCUT2D eigenvalue weighted by molar-refractivity contribution is 6.04. The van der Waals surface area contributed by atoms with E-state index in [1.165, 1.54) is 16.6 Å². The average Bonchev–Trinajstić information content (AvgIpc) is 3.45. The zero-order valence-electron chi connectivity index (χ0n) is 18.9. The van der Waals surface area contributed by atoms with Crippen molar-refractivity contribution in [3.63, 3.8) is 0 Å². The van der Waals surface area contributed by atoms with Crippen molar-refractivity contribution >= 4 is 29.1 Å². The van der Waals surface area contributed by atoms with Gasteiger partial charge < -0.3 is 10.1 Å². The molecule has 3 heterocycles. The third-order valence-corrected chi connectivity index (χ3v) is 5.42. The van der Waals surface area contributed by atoms with Crippen LogP contribution in [0.25, 0.3) is 5.65 Å². The van der Waals surface area contributed by atoms with Gasteiger partial charge in [0.05, 0.1) is 6.20 Å². The van der Waals surface area contributed by atoms with Crippen LogP contribution in [0, 0.1) is 5.92 Å². The summed E-state index contributed by atoms with van der Waals surface area (Å²) in [5.74, 6) is -0.175. The van der Waals surface area contributed by atoms with Gasteiger partial charge >= 0.3 is 6.18 Å². The number of amides is 2. The molecule has 1 aromatic carbocycles. The van der Waals surface area contributed by atoms with Crippen molar-refractivity contribution in [1.29, 1.82) is 0 Å². The van der Waals surface area contributed by atoms with Gasteiger partial charge in [0, 0.05) is 30.4 Å². The fourth-order valence-electron chi connectivity index (χ4n) is 3.46. The summed E-state index contributed by atoms with van der Waals surface area (Å²) in [5, 5.41) is 13.1. The number of carbonyl (C=O) groups excluding carboxylic acids is 2. The largest absolute Gasteiger partial charge is 0.456 e. The predicted molar refractivity (Wildman–Crippen MR) is 122 cm³/mol. The molecule has 0 atom stereocenters. The van der Waals surface area contributed by atoms with Crippen molar-refractivity contribution in [1.82, 2.24) is 24.4 Å². The van der Waals surface area contributed by atoms with E-state index in [1.54, 1.807) is 37.4 Å². The molecule has 0 spiro atoms. The van der Waals surface area contributed by atoms with Gasteiger partial charge in [-0.1, -0.05) is 6.07 Å². The van der Waals surface area contributed by atoms with Crippen LogP contribution >= 0.6 is 0 Å². The zero-order chi connectivity index (χ0) is 25.4. The molecular formula is C23H20F3N7O3. The number of alkyl halides is 3. The first-order valence-corrected chi connectivity index (χ1v) is 11.1. The number of pyridine rings is 1. The van der Waals surface area contributed by atoms with Gasteiger partial charge in [-0.3, -0.25) is 19.6 Å². The van der Waals surface area contributed by atoms with Crippen molar-refractivity contribution < 1.29 is 27.5 Å². The normalized spacial score (nSPS) is 13.6. The van der Waals surface area contributed by atoms with E-state index in [0.29, 0.717) is 17.1 Å². The van der Waals surface area contributed by atoms with Gasteiger partial charge in [0.15, 0.2) is 11.3 Å². The molecule has 0 radical (unpaired) electrons. The van der Waals surface area contributed by atoms with E-state index in [9.17, 15) is 22.8 Å². The maximum atomic E-state index is 13.3. The molecular weight excluding hydrogens is 479 g/mol. The van der Waals surface area contributed by atoms with E-state index < -0.39 is 23.3 Å². The van der Waals surface area contributed by atoms with E-state index in [0.717, 1.165) is 23.7 Å². The first-order chi connectivity index (χ1) is 17.2. The Morgan fingerprint density at radius 1 is 1.08 bits per heavy atom. The highest BCUT2D eigenvalue weighted by Crippen LogP contribution is 2.32. The van der Waals surface area contributed by atoms with Crippen molar-refractivity contribution in [2.75, 3.05) is 10.6 Å². The Kier molecular flexibility index (Phi) is 5.82. The van der Waals surface area contributed by atoms with Crippen molar-refractivity contribution in [2.45, 2.75) is 32.5 Å². The lowest BCUT2D eigenvalue weighted by Gasteiger charge is -2.10. The molecule has 13 heteroatoms. The van der Waals surface area contributed by atoms with Crippen molar-refractivity contribution in [2.24, 2.45) is 5.92 Å². The van der Waals surface area contributed by atoms with Crippen LogP contribution in [-0.4, -0.2) is 36.2 Å². The standard InChI is InChI=1S/C23H20F3N7O3/c1-2-32-12-17(23(24,25)26)19(30-32)21(35)27-14-4-3-5-15(10-14)36-16-8-9-18-28-22(31-33(18)11-16)29-20(34)13-6-7-13/h3-5,8-13H,2,6-7H2,1H3,(H,27,35)(H,29,31,34). The summed E-state index contributed by atoms with van der Waals surface area (Å²) in [4.78, 5) is 28.8. The number of halogens is 3. The number of rotatable bonds is 7. The molecule has 186 valence electrons. The van der Waals surface area contributed by atoms with E-state index in [-0.39, 0.29) is 30.0 Å². The Bertz CT molecular complexity index is 1460. The fraction of sp³-hybridized carbons (Fsp3) is 0.261. The minimum absolute atomic E-state index is 0.0191. The van der Waals surface area contributed by atoms with Gasteiger partial charge in [0.1, 0.15) is 17.1 Å². The molecule has 5 rings (SSSR count). The van der Waals surface area contributed by atoms with Crippen molar-refractivity contribution in [3.8, 4) is 11.5 Å². The number of anilines is 2. The molecule has 1 aliphatic carbocycles. The fourth-order valence-corrected chi connectivity index (χ4v) is 3.46. The van der Waals surface area contributed by atoms with Gasteiger partial charge in [-0.15, -0.1) is 5.10 Å². The second-order valence-corrected chi connectivity index (χ2v) is 8.20. The second kappa shape index (κ2) is 8.98. The highest BCUT2D eigenvalue weighted by Gasteiger charge is 2.38. The Morgan fingerprint density at radius 3 is 2.61 bits per heavy atom. The lowest BCUT2D eigenvalue weighted by molar-refractivity contribution is -0.138. The van der Waals surface area contributed by atoms with Gasteiger partial charge in [-0.25, -0.2) is 4.52 Å². The number of hydrogen-bond donors (Lipinski definition) is 2. The minimum atomic E-state index is -4.72. The maximum absolute atomic E-state index is 13.3. The third-order valence-electron chi connectivity index (χ3n) is 5.42. The average molecular weight is 499 g/mol. The summed E-state index contributed by atoms with van der Waals surface area (Å²) in [5.41, 5.74) is -1.09. The summed E-state index contributed by atoms with van der Waals surface area (Å²) in [6.07, 6.45) is -0.624. The van der Waals surface area contributed by atoms with Crippen molar-refractivity contribution in [3.05, 3.63) is 60.0 Å². The molecule has 0 saturated heterocycles. The maximum Gasteiger partial charge on any atom is 0.420 e. The smallest absolute Gasteiger partial charge is 0.420 e. The van der Waals surface area contributed by atoms with E-state index in [1.807, 2.05) is 0 Å². The number of fused-ring (bicyclic) bond motifs is 1. The molecule has 1 fully saturated rings. The molecule has 4 aromatic rings. The highest BCUT2D eigenvalue weighted by atomic mass is 19.4. The number of benzene rings is 1. The summed E-state index contributed by atoms with van der Waals surface area (Å²) in [6, 6.07) is 9.49. The van der Waals surface area contributed by atoms with Crippen LogP contribution in [0.1, 0.15) is 35.8 Å². The Balaban J connectivity index is 1.30. The third kappa shape index (κ3) is 4.99. The summed E-state index contributed by atoms with van der Waals surface area (Å²) < 4.78 is 48.3. The topological polar surface area (TPSA) is 115 Å². The number of aryl methyl sites for hydroxylation is 1. The molecule has 0 aliphatic heterocycles. The van der Waals surface area contributed by atoms with E-state index in [2.05, 4.69) is 25.8 Å². The lowest BCUT2D eigenvalue weighted by Crippen LogP contribution is -2.18. The molecule has 10 nitrogen and oxygen atoms in total. The SMILES string of the molecule is CCn1cc(C(F)(F)F)c(C(=O)Nc2cccc(Oc3ccc4nc(NC(=O)C5CC5)nn4c3)c2)n1. The first kappa shape index (κ1) is 23.3. The van der Waals surface area contributed by atoms with Crippen LogP contribution in [-0.2, 0) is 17.5 Å². The van der Waals surface area contributed by atoms with Crippen LogP contribution in [0.4, 0.5) is 24.8 Å². The summed E-state index contributed by atoms with van der Waals surface area (Å²) in [6.45, 7) is 1.81. The Labute approximate surface area is 202 Å². The van der Waals surface area contributed by atoms with Gasteiger partial charge in [-0.05, 0) is 44.0 Å². The molecule has 1 aliphatic rings. The van der Waals surface area contributed by atoms with Crippen LogP contribution in [0.2, 0.25) is 0 Å². The van der Waals surface area contributed by atoms with E-state index in [4.69, 9.17) is 4.74 Å². The molecule has 2 amide bonds. The second-order valence-electron chi connectivity index (χ2n) is 8.20. The number of nitrogens with one attached hydrogen (secondary N) is 2. The number of nitrogens with zero attached hydrogens (tertiary/aromatic N) is 5.